The fourth-order valence-electron chi connectivity index (χ4n) is 4.79. The van der Waals surface area contributed by atoms with Crippen LogP contribution in [0.15, 0.2) is 54.7 Å². The molecule has 1 unspecified atom stereocenters. The molecule has 33 heavy (non-hydrogen) atoms. The number of likely N-dealkylation sites (tertiary alicyclic amines) is 1. The highest BCUT2D eigenvalue weighted by atomic mass is 16.5. The Kier molecular flexibility index (Phi) is 6.26. The zero-order valence-corrected chi connectivity index (χ0v) is 18.7. The summed E-state index contributed by atoms with van der Waals surface area (Å²) >= 11 is 0. The van der Waals surface area contributed by atoms with E-state index in [2.05, 4.69) is 15.2 Å². The number of ketones is 1. The number of rotatable bonds is 7. The van der Waals surface area contributed by atoms with Crippen LogP contribution >= 0.6 is 0 Å². The van der Waals surface area contributed by atoms with E-state index in [4.69, 9.17) is 9.47 Å². The Bertz CT molecular complexity index is 1140. The summed E-state index contributed by atoms with van der Waals surface area (Å²) in [7, 11) is 1.64. The van der Waals surface area contributed by atoms with Crippen molar-refractivity contribution < 1.29 is 19.4 Å². The van der Waals surface area contributed by atoms with E-state index in [1.807, 2.05) is 48.5 Å². The van der Waals surface area contributed by atoms with E-state index in [1.165, 1.54) is 0 Å². The number of pyridine rings is 1. The molecular formula is C26H29N3O4. The maximum Gasteiger partial charge on any atom is 0.208 e. The molecule has 2 N–H and O–H groups in total. The maximum absolute atomic E-state index is 12.5. The molecule has 0 amide bonds. The van der Waals surface area contributed by atoms with Gasteiger partial charge in [0.1, 0.15) is 11.5 Å². The number of aromatic nitrogens is 1. The van der Waals surface area contributed by atoms with E-state index < -0.39 is 12.2 Å². The molecule has 1 saturated heterocycles. The number of carbonyl (C=O) groups excluding carboxylic acids is 1. The number of nitrogens with one attached hydrogen (secondary N) is 1. The molecule has 0 spiro atoms. The highest BCUT2D eigenvalue weighted by molar-refractivity contribution is 6.04. The minimum atomic E-state index is -0.602. The van der Waals surface area contributed by atoms with Crippen molar-refractivity contribution in [2.45, 2.75) is 31.1 Å². The van der Waals surface area contributed by atoms with Crippen LogP contribution in [0.25, 0.3) is 10.9 Å². The lowest BCUT2D eigenvalue weighted by atomic mass is 10.0. The van der Waals surface area contributed by atoms with Gasteiger partial charge in [0.2, 0.25) is 5.78 Å². The summed E-state index contributed by atoms with van der Waals surface area (Å²) in [5.41, 5.74) is 2.39. The number of methoxy groups -OCH3 is 1. The van der Waals surface area contributed by atoms with Crippen LogP contribution in [0.1, 0.15) is 34.9 Å². The quantitative estimate of drug-likeness (QED) is 0.576. The van der Waals surface area contributed by atoms with Gasteiger partial charge < -0.3 is 24.8 Å². The van der Waals surface area contributed by atoms with Gasteiger partial charge in [-0.05, 0) is 67.9 Å². The van der Waals surface area contributed by atoms with Crippen LogP contribution in [0, 0.1) is 0 Å². The summed E-state index contributed by atoms with van der Waals surface area (Å²) in [5, 5.41) is 15.4. The molecule has 7 heteroatoms. The first-order valence-electron chi connectivity index (χ1n) is 11.5. The van der Waals surface area contributed by atoms with Crippen LogP contribution < -0.4 is 14.8 Å². The second-order valence-electron chi connectivity index (χ2n) is 8.75. The maximum atomic E-state index is 12.5. The van der Waals surface area contributed by atoms with Crippen molar-refractivity contribution in [2.75, 3.05) is 33.3 Å². The van der Waals surface area contributed by atoms with Gasteiger partial charge in [-0.15, -0.1) is 0 Å². The molecular weight excluding hydrogens is 418 g/mol. The SMILES string of the molecule is COc1ccc2nccc(C(O)CN3CCC(NC[C@H]4Oc5ccccc5C4=O)CC3)c2c1. The Balaban J connectivity index is 1.13. The zero-order valence-electron chi connectivity index (χ0n) is 18.7. The molecule has 7 nitrogen and oxygen atoms in total. The third-order valence-corrected chi connectivity index (χ3v) is 6.67. The molecule has 2 aliphatic rings. The van der Waals surface area contributed by atoms with Gasteiger partial charge in [0, 0.05) is 30.7 Å². The first kappa shape index (κ1) is 21.8. The first-order chi connectivity index (χ1) is 16.1. The van der Waals surface area contributed by atoms with E-state index >= 15 is 0 Å². The van der Waals surface area contributed by atoms with Gasteiger partial charge in [0.05, 0.1) is 24.3 Å². The van der Waals surface area contributed by atoms with Gasteiger partial charge in [-0.2, -0.15) is 0 Å². The van der Waals surface area contributed by atoms with Crippen molar-refractivity contribution >= 4 is 16.7 Å². The Morgan fingerprint density at radius 3 is 2.82 bits per heavy atom. The van der Waals surface area contributed by atoms with Gasteiger partial charge in [0.15, 0.2) is 6.10 Å². The number of para-hydroxylation sites is 1. The summed E-state index contributed by atoms with van der Waals surface area (Å²) in [6.45, 7) is 2.87. The Morgan fingerprint density at radius 2 is 2.03 bits per heavy atom. The number of benzene rings is 2. The Labute approximate surface area is 193 Å². The number of aliphatic hydroxyl groups is 1. The van der Waals surface area contributed by atoms with Crippen LogP contribution in [0.4, 0.5) is 0 Å². The number of Topliss-reactive ketones (excluding diaryl/α,β-unsaturated/α-hetero) is 1. The third kappa shape index (κ3) is 4.57. The smallest absolute Gasteiger partial charge is 0.208 e. The molecule has 2 aliphatic heterocycles. The zero-order chi connectivity index (χ0) is 22.8. The van der Waals surface area contributed by atoms with Gasteiger partial charge in [-0.1, -0.05) is 12.1 Å². The minimum absolute atomic E-state index is 0.0554. The Hall–Kier alpha value is -3.00. The van der Waals surface area contributed by atoms with Crippen molar-refractivity contribution in [1.82, 2.24) is 15.2 Å². The number of carbonyl (C=O) groups is 1. The van der Waals surface area contributed by atoms with E-state index in [0.717, 1.165) is 48.1 Å². The number of piperidine rings is 1. The van der Waals surface area contributed by atoms with Crippen molar-refractivity contribution in [2.24, 2.45) is 0 Å². The van der Waals surface area contributed by atoms with Crippen LogP contribution in [-0.2, 0) is 0 Å². The van der Waals surface area contributed by atoms with Crippen LogP contribution in [0.5, 0.6) is 11.5 Å². The number of nitrogens with zero attached hydrogens (tertiary/aromatic N) is 2. The van der Waals surface area contributed by atoms with Gasteiger partial charge in [0.25, 0.3) is 0 Å². The van der Waals surface area contributed by atoms with Crippen molar-refractivity contribution in [3.8, 4) is 11.5 Å². The fraction of sp³-hybridized carbons (Fsp3) is 0.385. The van der Waals surface area contributed by atoms with Crippen molar-refractivity contribution in [3.63, 3.8) is 0 Å². The molecule has 1 fully saturated rings. The van der Waals surface area contributed by atoms with Crippen LogP contribution in [0.3, 0.4) is 0 Å². The molecule has 0 saturated carbocycles. The number of ether oxygens (including phenoxy) is 2. The molecule has 1 aromatic heterocycles. The van der Waals surface area contributed by atoms with Crippen molar-refractivity contribution in [1.29, 1.82) is 0 Å². The minimum Gasteiger partial charge on any atom is -0.497 e. The molecule has 2 atom stereocenters. The molecule has 5 rings (SSSR count). The van der Waals surface area contributed by atoms with E-state index in [1.54, 1.807) is 13.3 Å². The topological polar surface area (TPSA) is 83.9 Å². The lowest BCUT2D eigenvalue weighted by Gasteiger charge is -2.34. The summed E-state index contributed by atoms with van der Waals surface area (Å²) < 4.78 is 11.2. The number of aliphatic hydroxyl groups excluding tert-OH is 1. The third-order valence-electron chi connectivity index (χ3n) is 6.67. The van der Waals surface area contributed by atoms with E-state index in [9.17, 15) is 9.90 Å². The fourth-order valence-corrected chi connectivity index (χ4v) is 4.79. The van der Waals surface area contributed by atoms with Crippen molar-refractivity contribution in [3.05, 3.63) is 65.9 Å². The lowest BCUT2D eigenvalue weighted by Crippen LogP contribution is -2.46. The summed E-state index contributed by atoms with van der Waals surface area (Å²) in [6, 6.07) is 15.4. The summed E-state index contributed by atoms with van der Waals surface area (Å²) in [5.74, 6) is 1.49. The summed E-state index contributed by atoms with van der Waals surface area (Å²) in [6.07, 6.45) is 2.62. The molecule has 0 aliphatic carbocycles. The molecule has 2 aromatic carbocycles. The molecule has 0 radical (unpaired) electrons. The predicted molar refractivity (Wildman–Crippen MR) is 126 cm³/mol. The van der Waals surface area contributed by atoms with E-state index in [-0.39, 0.29) is 5.78 Å². The largest absolute Gasteiger partial charge is 0.497 e. The molecule has 172 valence electrons. The number of hydrogen-bond donors (Lipinski definition) is 2. The predicted octanol–water partition coefficient (Wildman–Crippen LogP) is 2.97. The van der Waals surface area contributed by atoms with Crippen LogP contribution in [-0.4, -0.2) is 66.2 Å². The highest BCUT2D eigenvalue weighted by Crippen LogP contribution is 2.29. The molecule has 3 heterocycles. The van der Waals surface area contributed by atoms with Gasteiger partial charge in [-0.25, -0.2) is 0 Å². The summed E-state index contributed by atoms with van der Waals surface area (Å²) in [4.78, 5) is 19.2. The molecule has 0 bridgehead atoms. The Morgan fingerprint density at radius 1 is 1.21 bits per heavy atom. The number of hydrogen-bond acceptors (Lipinski definition) is 7. The average Bonchev–Trinajstić information content (AvgIpc) is 3.18. The second-order valence-corrected chi connectivity index (χ2v) is 8.75. The lowest BCUT2D eigenvalue weighted by molar-refractivity contribution is 0.0820. The van der Waals surface area contributed by atoms with Gasteiger partial charge >= 0.3 is 0 Å². The normalized spacial score (nSPS) is 19.9. The van der Waals surface area contributed by atoms with E-state index in [0.29, 0.717) is 30.4 Å². The molecule has 3 aromatic rings. The van der Waals surface area contributed by atoms with Gasteiger partial charge in [-0.3, -0.25) is 9.78 Å². The monoisotopic (exact) mass is 447 g/mol. The standard InChI is InChI=1S/C26H29N3O4/c1-32-18-6-7-22-21(14-18)19(8-11-27-22)23(30)16-29-12-9-17(10-13-29)28-15-25-26(31)20-4-2-3-5-24(20)33-25/h2-8,11,14,17,23,25,28,30H,9-10,12-13,15-16H2,1H3/t23?,25-/m1/s1. The average molecular weight is 448 g/mol. The second kappa shape index (κ2) is 9.47. The number of β-amino-alcohol motifs (C(OH)–C–C–N with tert-alkyl or cyclic N) is 1. The number of fused-ring (bicyclic) bond motifs is 2. The van der Waals surface area contributed by atoms with Crippen LogP contribution in [0.2, 0.25) is 0 Å². The first-order valence-corrected chi connectivity index (χ1v) is 11.5. The highest BCUT2D eigenvalue weighted by Gasteiger charge is 2.32.